The van der Waals surface area contributed by atoms with E-state index < -0.39 is 18.6 Å². The molecule has 0 spiro atoms. The van der Waals surface area contributed by atoms with Gasteiger partial charge < -0.3 is 24.2 Å². The minimum atomic E-state index is -2.49. The highest BCUT2D eigenvalue weighted by molar-refractivity contribution is 5.84. The van der Waals surface area contributed by atoms with E-state index in [9.17, 15) is 13.6 Å². The Morgan fingerprint density at radius 2 is 2.00 bits per heavy atom. The number of carbonyl (C=O) groups is 1. The molecule has 3 aliphatic rings. The van der Waals surface area contributed by atoms with Crippen molar-refractivity contribution in [3.05, 3.63) is 53.2 Å². The summed E-state index contributed by atoms with van der Waals surface area (Å²) in [4.78, 5) is 14.2. The molecule has 0 radical (unpaired) electrons. The summed E-state index contributed by atoms with van der Waals surface area (Å²) in [6.07, 6.45) is 1.76. The van der Waals surface area contributed by atoms with E-state index in [0.717, 1.165) is 53.5 Å². The average Bonchev–Trinajstić information content (AvgIpc) is 3.36. The molecule has 1 unspecified atom stereocenters. The third-order valence-corrected chi connectivity index (χ3v) is 8.32. The summed E-state index contributed by atoms with van der Waals surface area (Å²) < 4.78 is 47.5. The Kier molecular flexibility index (Phi) is 7.26. The highest BCUT2D eigenvalue weighted by atomic mass is 19.3. The number of methoxy groups -OCH3 is 1. The maximum atomic E-state index is 13.9. The molecule has 2 saturated heterocycles. The topological polar surface area (TPSA) is 89.3 Å². The van der Waals surface area contributed by atoms with Gasteiger partial charge in [-0.3, -0.25) is 4.90 Å². The third kappa shape index (κ3) is 4.85. The van der Waals surface area contributed by atoms with Crippen LogP contribution < -0.4 is 9.47 Å². The number of ether oxygens (including phenoxy) is 3. The zero-order valence-corrected chi connectivity index (χ0v) is 22.6. The second-order valence-electron chi connectivity index (χ2n) is 10.9. The van der Waals surface area contributed by atoms with Crippen LogP contribution >= 0.6 is 0 Å². The van der Waals surface area contributed by atoms with Crippen LogP contribution in [0.25, 0.3) is 10.9 Å². The predicted octanol–water partition coefficient (Wildman–Crippen LogP) is 5.09. The van der Waals surface area contributed by atoms with Crippen molar-refractivity contribution in [3.63, 3.8) is 0 Å². The number of benzene rings is 2. The Hall–Kier alpha value is -3.44. The first-order valence-electron chi connectivity index (χ1n) is 13.8. The first-order valence-corrected chi connectivity index (χ1v) is 13.8. The van der Waals surface area contributed by atoms with Crippen molar-refractivity contribution < 1.29 is 32.9 Å². The summed E-state index contributed by atoms with van der Waals surface area (Å²) >= 11 is 0. The molecule has 4 heterocycles. The monoisotopic (exact) mass is 556 g/mol. The van der Waals surface area contributed by atoms with Crippen molar-refractivity contribution in [2.75, 3.05) is 33.4 Å². The molecule has 1 amide bonds. The average molecular weight is 557 g/mol. The van der Waals surface area contributed by atoms with E-state index >= 15 is 0 Å². The second-order valence-corrected chi connectivity index (χ2v) is 10.9. The van der Waals surface area contributed by atoms with Crippen LogP contribution in [0.3, 0.4) is 0 Å². The molecule has 3 atom stereocenters. The SMILES string of the molecule is COc1cc(OC2CN(C(=O)O)C2)ccc1[C@@H]1c2ccc3c(cnn3C3CCCCO3)c2C[C@@H](C)N1CC(F)F. The number of rotatable bonds is 7. The molecular weight excluding hydrogens is 522 g/mol. The number of carboxylic acid groups (broad SMARTS) is 1. The van der Waals surface area contributed by atoms with Gasteiger partial charge in [0.25, 0.3) is 6.43 Å². The fraction of sp³-hybridized carbons (Fsp3) is 0.517. The lowest BCUT2D eigenvalue weighted by Gasteiger charge is -2.42. The van der Waals surface area contributed by atoms with Crippen LogP contribution in [-0.2, 0) is 11.2 Å². The largest absolute Gasteiger partial charge is 0.496 e. The first kappa shape index (κ1) is 26.8. The number of aromatic nitrogens is 2. The predicted molar refractivity (Wildman–Crippen MR) is 143 cm³/mol. The van der Waals surface area contributed by atoms with Crippen molar-refractivity contribution in [2.24, 2.45) is 0 Å². The maximum absolute atomic E-state index is 13.9. The molecule has 2 fully saturated rings. The van der Waals surface area contributed by atoms with Crippen LogP contribution in [0.1, 0.15) is 55.1 Å². The molecule has 40 heavy (non-hydrogen) atoms. The summed E-state index contributed by atoms with van der Waals surface area (Å²) in [5, 5.41) is 14.8. The molecule has 3 aromatic rings. The van der Waals surface area contributed by atoms with Crippen LogP contribution in [0.4, 0.5) is 13.6 Å². The fourth-order valence-electron chi connectivity index (χ4n) is 6.31. The van der Waals surface area contributed by atoms with Gasteiger partial charge in [-0.2, -0.15) is 5.10 Å². The van der Waals surface area contributed by atoms with Crippen LogP contribution in [0.5, 0.6) is 11.5 Å². The molecular formula is C29H34F2N4O5. The highest BCUT2D eigenvalue weighted by Gasteiger charge is 2.38. The number of halogens is 2. The van der Waals surface area contributed by atoms with Crippen LogP contribution in [0, 0.1) is 0 Å². The molecule has 0 bridgehead atoms. The van der Waals surface area contributed by atoms with Crippen LogP contribution in [0.2, 0.25) is 0 Å². The molecule has 214 valence electrons. The van der Waals surface area contributed by atoms with Crippen LogP contribution in [0.15, 0.2) is 36.5 Å². The number of amides is 1. The minimum absolute atomic E-state index is 0.0951. The Balaban J connectivity index is 1.38. The molecule has 6 rings (SSSR count). The molecule has 11 heteroatoms. The summed E-state index contributed by atoms with van der Waals surface area (Å²) in [5.41, 5.74) is 3.82. The number of likely N-dealkylation sites (tertiary alicyclic amines) is 1. The number of fused-ring (bicyclic) bond motifs is 3. The second kappa shape index (κ2) is 10.9. The molecule has 0 aliphatic carbocycles. The number of nitrogens with zero attached hydrogens (tertiary/aromatic N) is 4. The van der Waals surface area contributed by atoms with Gasteiger partial charge in [0.05, 0.1) is 44.5 Å². The fourth-order valence-corrected chi connectivity index (χ4v) is 6.31. The summed E-state index contributed by atoms with van der Waals surface area (Å²) in [7, 11) is 1.56. The Labute approximate surface area is 231 Å². The molecule has 3 aliphatic heterocycles. The quantitative estimate of drug-likeness (QED) is 0.434. The maximum Gasteiger partial charge on any atom is 0.407 e. The van der Waals surface area contributed by atoms with E-state index in [2.05, 4.69) is 0 Å². The van der Waals surface area contributed by atoms with Crippen molar-refractivity contribution in [3.8, 4) is 11.5 Å². The Morgan fingerprint density at radius 1 is 1.20 bits per heavy atom. The van der Waals surface area contributed by atoms with Crippen LogP contribution in [-0.4, -0.2) is 82.7 Å². The van der Waals surface area contributed by atoms with Gasteiger partial charge in [0.1, 0.15) is 17.6 Å². The molecule has 2 aromatic carbocycles. The van der Waals surface area contributed by atoms with Gasteiger partial charge in [-0.15, -0.1) is 0 Å². The first-order chi connectivity index (χ1) is 19.3. The van der Waals surface area contributed by atoms with E-state index in [0.29, 0.717) is 31.0 Å². The standard InChI is InChI=1S/C29H34F2N4O5/c1-17-11-22-20(8-9-24-23(22)13-32-35(24)27-5-3-4-10-39-27)28(34(17)16-26(30)31)21-7-6-18(12-25(21)38-2)40-19-14-33(15-19)29(36)37/h6-9,12-13,17,19,26-28H,3-5,10-11,14-16H2,1-2H3,(H,36,37)/t17-,27?,28+/m1/s1. The van der Waals surface area contributed by atoms with Crippen molar-refractivity contribution in [1.29, 1.82) is 0 Å². The minimum Gasteiger partial charge on any atom is -0.496 e. The van der Waals surface area contributed by atoms with Crippen molar-refractivity contribution >= 4 is 17.0 Å². The molecule has 0 saturated carbocycles. The lowest BCUT2D eigenvalue weighted by atomic mass is 9.83. The van der Waals surface area contributed by atoms with E-state index in [1.165, 1.54) is 4.90 Å². The van der Waals surface area contributed by atoms with E-state index in [4.69, 9.17) is 24.4 Å². The van der Waals surface area contributed by atoms with Gasteiger partial charge in [0.2, 0.25) is 0 Å². The summed E-state index contributed by atoms with van der Waals surface area (Å²) in [5.74, 6) is 1.08. The van der Waals surface area contributed by atoms with Gasteiger partial charge in [0.15, 0.2) is 6.23 Å². The summed E-state index contributed by atoms with van der Waals surface area (Å²) in [6.45, 7) is 2.93. The summed E-state index contributed by atoms with van der Waals surface area (Å²) in [6, 6.07) is 8.89. The molecule has 1 aromatic heterocycles. The number of hydrogen-bond acceptors (Lipinski definition) is 6. The Bertz CT molecular complexity index is 1390. The third-order valence-electron chi connectivity index (χ3n) is 8.32. The van der Waals surface area contributed by atoms with Gasteiger partial charge in [-0.1, -0.05) is 6.07 Å². The Morgan fingerprint density at radius 3 is 2.70 bits per heavy atom. The van der Waals surface area contributed by atoms with Crippen molar-refractivity contribution in [1.82, 2.24) is 19.6 Å². The zero-order chi connectivity index (χ0) is 28.0. The van der Waals surface area contributed by atoms with Gasteiger partial charge in [-0.05, 0) is 61.9 Å². The lowest BCUT2D eigenvalue weighted by Crippen LogP contribution is -2.55. The zero-order valence-electron chi connectivity index (χ0n) is 22.6. The van der Waals surface area contributed by atoms with Gasteiger partial charge in [-0.25, -0.2) is 18.3 Å². The van der Waals surface area contributed by atoms with E-state index in [-0.39, 0.29) is 24.9 Å². The highest BCUT2D eigenvalue weighted by Crippen LogP contribution is 2.45. The smallest absolute Gasteiger partial charge is 0.407 e. The van der Waals surface area contributed by atoms with Crippen molar-refractivity contribution in [2.45, 2.75) is 63.4 Å². The molecule has 1 N–H and O–H groups in total. The van der Waals surface area contributed by atoms with E-state index in [1.54, 1.807) is 19.2 Å². The normalized spacial score (nSPS) is 23.7. The van der Waals surface area contributed by atoms with E-state index in [1.807, 2.05) is 40.9 Å². The van der Waals surface area contributed by atoms with Gasteiger partial charge in [0, 0.05) is 29.7 Å². The van der Waals surface area contributed by atoms with Gasteiger partial charge >= 0.3 is 6.09 Å². The molecule has 9 nitrogen and oxygen atoms in total. The number of alkyl halides is 2. The number of hydrogen-bond donors (Lipinski definition) is 1. The lowest BCUT2D eigenvalue weighted by molar-refractivity contribution is -0.0366.